The number of ether oxygens (including phenoxy) is 2. The molecule has 31 heteroatoms. The summed E-state index contributed by atoms with van der Waals surface area (Å²) in [6.45, 7) is -0.592. The summed E-state index contributed by atoms with van der Waals surface area (Å²) >= 11 is 0. The molecule has 4 aromatic heterocycles. The van der Waals surface area contributed by atoms with Crippen LogP contribution >= 0.6 is 23.5 Å². The summed E-state index contributed by atoms with van der Waals surface area (Å²) < 4.78 is 70.2. The lowest BCUT2D eigenvalue weighted by atomic mass is 10.1. The number of H-pyrrole nitrogens is 2. The second-order valence-electron chi connectivity index (χ2n) is 13.0. The van der Waals surface area contributed by atoms with Crippen LogP contribution in [-0.2, 0) is 47.9 Å². The number of aromatic amines is 2. The number of anilines is 2. The van der Waals surface area contributed by atoms with Gasteiger partial charge in [0.15, 0.2) is 29.9 Å². The Morgan fingerprint density at radius 3 is 2.29 bits per heavy atom. The average Bonchev–Trinajstić information content (AvgIpc) is 3.74. The van der Waals surface area contributed by atoms with Gasteiger partial charge in [-0.2, -0.15) is 4.98 Å². The summed E-state index contributed by atoms with van der Waals surface area (Å²) in [6, 6.07) is 0. The number of imidazole rings is 2. The van der Waals surface area contributed by atoms with E-state index in [1.165, 1.54) is 15.5 Å². The highest BCUT2D eigenvalue weighted by Crippen LogP contribution is 2.63. The lowest BCUT2D eigenvalue weighted by Crippen LogP contribution is -2.56. The highest BCUT2D eigenvalue weighted by atomic mass is 31.3. The topological polar surface area (TPSA) is 393 Å². The number of phosphoric acid groups is 3. The summed E-state index contributed by atoms with van der Waals surface area (Å²) in [5.74, 6) is -0.471. The molecule has 0 aromatic carbocycles. The smallest absolute Gasteiger partial charge is 0.313 e. The first-order chi connectivity index (χ1) is 26.1. The van der Waals surface area contributed by atoms with Crippen molar-refractivity contribution >= 4 is 57.7 Å². The fourth-order valence-electron chi connectivity index (χ4n) is 6.01. The van der Waals surface area contributed by atoms with Gasteiger partial charge in [-0.05, 0) is 14.1 Å². The number of nitrogen functional groups attached to an aromatic ring is 2. The molecule has 6 rings (SSSR count). The zero-order valence-corrected chi connectivity index (χ0v) is 32.2. The van der Waals surface area contributed by atoms with Crippen molar-refractivity contribution in [3.05, 3.63) is 33.4 Å². The Hall–Kier alpha value is -3.53. The summed E-state index contributed by atoms with van der Waals surface area (Å²) in [4.78, 5) is 82.5. The van der Waals surface area contributed by atoms with Gasteiger partial charge in [0.2, 0.25) is 11.5 Å². The highest BCUT2D eigenvalue weighted by Gasteiger charge is 2.45. The van der Waals surface area contributed by atoms with Gasteiger partial charge < -0.3 is 59.8 Å². The van der Waals surface area contributed by atoms with Crippen LogP contribution in [0.25, 0.3) is 22.3 Å². The number of likely N-dealkylation sites (N-methyl/N-ethyl adjacent to an activating group) is 1. The maximum absolute atomic E-state index is 12.6. The van der Waals surface area contributed by atoms with Crippen molar-refractivity contribution in [1.29, 1.82) is 0 Å². The van der Waals surface area contributed by atoms with Crippen molar-refractivity contribution in [3.8, 4) is 0 Å². The van der Waals surface area contributed by atoms with Crippen LogP contribution in [0.5, 0.6) is 0 Å². The summed E-state index contributed by atoms with van der Waals surface area (Å²) in [6.07, 6.45) is -6.16. The number of aryl methyl sites for hydroxylation is 1. The number of fused-ring (bicyclic) bond motifs is 2. The normalized spacial score (nSPS) is 26.8. The van der Waals surface area contributed by atoms with Crippen molar-refractivity contribution in [3.63, 3.8) is 0 Å². The van der Waals surface area contributed by atoms with Crippen molar-refractivity contribution < 1.29 is 70.3 Å². The molecule has 9 atom stereocenters. The summed E-state index contributed by atoms with van der Waals surface area (Å²) in [5, 5.41) is 21.0. The molecule has 6 heterocycles. The molecule has 0 saturated carbocycles. The maximum Gasteiger partial charge on any atom is 0.313 e. The molecule has 0 radical (unpaired) electrons. The standard InChI is InChI=1S/C25H39N12O16P3/c1-33(2)4-5-35-6-12(50-14(7-35)37-11-34(3)16-20(37)30-25(27)32-22(16)41)8-48-54(42,43)52-56(46,47)53-55(44,45)49-9-13-17(38)18(39)23(51-13)36-10-28-15-19(36)29-24(26)31-21(15)40/h10-14,17-18,23,38-39H,4-9H2,1-3H3,(H8-,26,27,29,30,31,32,40,41,42,43,44,45,46,47)/p-2/t12?,13-,14?,17-,18-,23-/m1/s1. The van der Waals surface area contributed by atoms with E-state index in [-0.39, 0.29) is 47.3 Å². The minimum absolute atomic E-state index is 0.0888. The number of hydrogen-bond donors (Lipinski definition) is 6. The monoisotopic (exact) mass is 854 g/mol. The lowest BCUT2D eigenvalue weighted by Gasteiger charge is -2.38. The SMILES string of the molecule is CN(C)CCN1CC(COP(=O)([O-])OP(=O)([O-])OP(=O)([O-])OC[C@H]2O[C@@H](n3cnc4c(=O)[nH]c(N)nc43)[C@H](O)[C@@H]2O)OC([n+]2cn(C)c3c(=O)[nH]c(N)nc32)C1. The Morgan fingerprint density at radius 2 is 1.61 bits per heavy atom. The lowest BCUT2D eigenvalue weighted by molar-refractivity contribution is -0.747. The number of phosphoric ester groups is 2. The predicted molar refractivity (Wildman–Crippen MR) is 180 cm³/mol. The van der Waals surface area contributed by atoms with Crippen molar-refractivity contribution in [2.75, 3.05) is 65.0 Å². The summed E-state index contributed by atoms with van der Waals surface area (Å²) in [7, 11) is -12.9. The van der Waals surface area contributed by atoms with Crippen molar-refractivity contribution in [1.82, 2.24) is 43.9 Å². The van der Waals surface area contributed by atoms with Gasteiger partial charge in [-0.1, -0.05) is 4.98 Å². The second kappa shape index (κ2) is 16.0. The third kappa shape index (κ3) is 9.43. The van der Waals surface area contributed by atoms with Crippen LogP contribution < -0.4 is 41.8 Å². The van der Waals surface area contributed by atoms with Crippen LogP contribution in [-0.4, -0.2) is 132 Å². The Labute approximate surface area is 314 Å². The molecule has 2 saturated heterocycles. The number of hydrogen-bond acceptors (Lipinski definition) is 23. The fourth-order valence-corrected chi connectivity index (χ4v) is 9.42. The zero-order valence-electron chi connectivity index (χ0n) is 29.5. The molecule has 8 N–H and O–H groups in total. The van der Waals surface area contributed by atoms with Crippen LogP contribution in [0.3, 0.4) is 0 Å². The van der Waals surface area contributed by atoms with Gasteiger partial charge in [0, 0.05) is 19.6 Å². The van der Waals surface area contributed by atoms with E-state index in [0.717, 1.165) is 10.9 Å². The first-order valence-corrected chi connectivity index (χ1v) is 20.7. The van der Waals surface area contributed by atoms with E-state index in [1.807, 2.05) is 23.9 Å². The van der Waals surface area contributed by atoms with Crippen LogP contribution in [0, 0.1) is 0 Å². The van der Waals surface area contributed by atoms with E-state index in [0.29, 0.717) is 13.1 Å². The molecule has 56 heavy (non-hydrogen) atoms. The van der Waals surface area contributed by atoms with E-state index >= 15 is 0 Å². The Morgan fingerprint density at radius 1 is 0.964 bits per heavy atom. The molecular weight excluding hydrogens is 817 g/mol. The first kappa shape index (κ1) is 42.1. The minimum atomic E-state index is -6.30. The van der Waals surface area contributed by atoms with Crippen LogP contribution in [0.4, 0.5) is 11.9 Å². The molecule has 0 bridgehead atoms. The molecule has 2 aliphatic heterocycles. The maximum atomic E-state index is 12.6. The largest absolute Gasteiger partial charge is 0.756 e. The van der Waals surface area contributed by atoms with E-state index < -0.39 is 84.7 Å². The molecular formula is C25H37N12O16P3-2. The van der Waals surface area contributed by atoms with Crippen LogP contribution in [0.2, 0.25) is 0 Å². The van der Waals surface area contributed by atoms with E-state index in [4.69, 9.17) is 25.5 Å². The van der Waals surface area contributed by atoms with Gasteiger partial charge >= 0.3 is 5.65 Å². The van der Waals surface area contributed by atoms with Gasteiger partial charge in [0.1, 0.15) is 18.3 Å². The van der Waals surface area contributed by atoms with Gasteiger partial charge in [-0.15, -0.1) is 0 Å². The quantitative estimate of drug-likeness (QED) is 0.0480. The van der Waals surface area contributed by atoms with Gasteiger partial charge in [0.05, 0.1) is 39.2 Å². The van der Waals surface area contributed by atoms with Crippen molar-refractivity contribution in [2.24, 2.45) is 7.05 Å². The molecule has 2 fully saturated rings. The van der Waals surface area contributed by atoms with Gasteiger partial charge in [-0.3, -0.25) is 47.3 Å². The number of nitrogens with one attached hydrogen (secondary N) is 2. The van der Waals surface area contributed by atoms with E-state index in [1.54, 1.807) is 7.05 Å². The Bertz CT molecular complexity index is 2350. The van der Waals surface area contributed by atoms with Gasteiger partial charge in [0.25, 0.3) is 40.5 Å². The molecule has 0 amide bonds. The average molecular weight is 855 g/mol. The molecule has 28 nitrogen and oxygen atoms in total. The molecule has 0 spiro atoms. The number of morpholine rings is 1. The van der Waals surface area contributed by atoms with Crippen LogP contribution in [0.15, 0.2) is 22.2 Å². The number of aliphatic hydroxyl groups is 2. The predicted octanol–water partition coefficient (Wildman–Crippen LogP) is -5.30. The number of nitrogens with zero attached hydrogens (tertiary/aromatic N) is 8. The Kier molecular flexibility index (Phi) is 12.0. The first-order valence-electron chi connectivity index (χ1n) is 16.3. The second-order valence-corrected chi connectivity index (χ2v) is 17.5. The zero-order chi connectivity index (χ0) is 40.9. The molecule has 2 aliphatic rings. The van der Waals surface area contributed by atoms with E-state index in [2.05, 4.69) is 38.1 Å². The summed E-state index contributed by atoms with van der Waals surface area (Å²) in [5.41, 5.74) is 10.1. The number of nitrogens with two attached hydrogens (primary N) is 2. The van der Waals surface area contributed by atoms with E-state index in [9.17, 15) is 48.2 Å². The number of rotatable bonds is 15. The third-order valence-corrected chi connectivity index (χ3v) is 12.6. The third-order valence-electron chi connectivity index (χ3n) is 8.47. The molecule has 5 unspecified atom stereocenters. The van der Waals surface area contributed by atoms with Gasteiger partial charge in [-0.25, -0.2) is 18.2 Å². The molecule has 4 aromatic rings. The highest BCUT2D eigenvalue weighted by molar-refractivity contribution is 7.65. The van der Waals surface area contributed by atoms with Crippen LogP contribution in [0.1, 0.15) is 12.5 Å². The fraction of sp³-hybridized carbons (Fsp3) is 0.600. The molecule has 0 aliphatic carbocycles. The van der Waals surface area contributed by atoms with Crippen molar-refractivity contribution in [2.45, 2.75) is 36.9 Å². The molecule has 310 valence electrons. The minimum Gasteiger partial charge on any atom is -0.756 e. The Balaban J connectivity index is 1.07. The number of aliphatic hydroxyl groups excluding tert-OH is 2. The number of aromatic nitrogens is 8.